The molecule has 2 atom stereocenters. The molecule has 0 bridgehead atoms. The Hall–Kier alpha value is -0.570. The molecular formula is C13H24N2O. The first-order chi connectivity index (χ1) is 7.53. The lowest BCUT2D eigenvalue weighted by Gasteiger charge is -2.36. The highest BCUT2D eigenvalue weighted by Crippen LogP contribution is 2.39. The average molecular weight is 224 g/mol. The topological polar surface area (TPSA) is 32.3 Å². The van der Waals surface area contributed by atoms with Crippen molar-refractivity contribution < 1.29 is 4.79 Å². The van der Waals surface area contributed by atoms with Crippen LogP contribution in [0, 0.1) is 17.3 Å². The summed E-state index contributed by atoms with van der Waals surface area (Å²) < 4.78 is 0. The van der Waals surface area contributed by atoms with Crippen LogP contribution in [0.15, 0.2) is 0 Å². The lowest BCUT2D eigenvalue weighted by Crippen LogP contribution is -2.47. The maximum absolute atomic E-state index is 12.4. The summed E-state index contributed by atoms with van der Waals surface area (Å²) in [5.41, 5.74) is -0.113. The Morgan fingerprint density at radius 2 is 2.00 bits per heavy atom. The smallest absolute Gasteiger partial charge is 0.228 e. The van der Waals surface area contributed by atoms with Crippen molar-refractivity contribution in [1.82, 2.24) is 10.2 Å². The molecule has 2 fully saturated rings. The molecule has 1 aliphatic carbocycles. The lowest BCUT2D eigenvalue weighted by atomic mass is 9.79. The largest absolute Gasteiger partial charge is 0.345 e. The van der Waals surface area contributed by atoms with E-state index in [9.17, 15) is 4.79 Å². The van der Waals surface area contributed by atoms with Gasteiger partial charge in [0.05, 0.1) is 0 Å². The van der Waals surface area contributed by atoms with Gasteiger partial charge in [-0.25, -0.2) is 0 Å². The number of piperidine rings is 1. The van der Waals surface area contributed by atoms with E-state index in [1.54, 1.807) is 0 Å². The summed E-state index contributed by atoms with van der Waals surface area (Å²) in [6.07, 6.45) is 3.27. The highest BCUT2D eigenvalue weighted by molar-refractivity contribution is 5.82. The van der Waals surface area contributed by atoms with Crippen molar-refractivity contribution in [1.29, 1.82) is 0 Å². The molecule has 2 unspecified atom stereocenters. The van der Waals surface area contributed by atoms with Gasteiger partial charge in [-0.15, -0.1) is 0 Å². The van der Waals surface area contributed by atoms with E-state index in [-0.39, 0.29) is 5.41 Å². The van der Waals surface area contributed by atoms with E-state index in [0.717, 1.165) is 44.3 Å². The van der Waals surface area contributed by atoms with E-state index < -0.39 is 0 Å². The third-order valence-electron chi connectivity index (χ3n) is 4.35. The average Bonchev–Trinajstić information content (AvgIpc) is 2.94. The van der Waals surface area contributed by atoms with Gasteiger partial charge in [-0.1, -0.05) is 13.8 Å². The van der Waals surface area contributed by atoms with Gasteiger partial charge in [0.2, 0.25) is 5.91 Å². The summed E-state index contributed by atoms with van der Waals surface area (Å²) in [5, 5.41) is 3.32. The zero-order valence-corrected chi connectivity index (χ0v) is 10.8. The Bertz CT molecular complexity index is 271. The van der Waals surface area contributed by atoms with Crippen LogP contribution in [-0.4, -0.2) is 37.5 Å². The molecule has 2 aliphatic rings. The van der Waals surface area contributed by atoms with Crippen molar-refractivity contribution in [3.63, 3.8) is 0 Å². The number of carbonyl (C=O) groups excluding carboxylic acids is 1. The third kappa shape index (κ3) is 2.40. The molecule has 3 nitrogen and oxygen atoms in total. The Kier molecular flexibility index (Phi) is 3.24. The van der Waals surface area contributed by atoms with Crippen molar-refractivity contribution in [2.75, 3.05) is 26.7 Å². The van der Waals surface area contributed by atoms with E-state index in [1.807, 2.05) is 11.9 Å². The highest BCUT2D eigenvalue weighted by atomic mass is 16.2. The zero-order valence-electron chi connectivity index (χ0n) is 10.8. The fraction of sp³-hybridized carbons (Fsp3) is 0.923. The highest BCUT2D eigenvalue weighted by Gasteiger charge is 2.40. The first-order valence-electron chi connectivity index (χ1n) is 6.49. The van der Waals surface area contributed by atoms with Crippen molar-refractivity contribution in [2.24, 2.45) is 17.3 Å². The molecule has 92 valence electrons. The van der Waals surface area contributed by atoms with Gasteiger partial charge in [0, 0.05) is 19.0 Å². The molecule has 1 heterocycles. The van der Waals surface area contributed by atoms with E-state index in [1.165, 1.54) is 6.42 Å². The maximum atomic E-state index is 12.4. The number of rotatable bonds is 3. The standard InChI is InChI=1S/C13H24N2O/c1-10-8-11(10)9-15(3)12(16)13(2)4-6-14-7-5-13/h10-11,14H,4-9H2,1-3H3. The summed E-state index contributed by atoms with van der Waals surface area (Å²) >= 11 is 0. The first-order valence-corrected chi connectivity index (χ1v) is 6.49. The Morgan fingerprint density at radius 1 is 1.44 bits per heavy atom. The molecule has 1 N–H and O–H groups in total. The number of nitrogens with one attached hydrogen (secondary N) is 1. The molecule has 0 radical (unpaired) electrons. The minimum absolute atomic E-state index is 0.113. The summed E-state index contributed by atoms with van der Waals surface area (Å²) in [6.45, 7) is 7.33. The number of hydrogen-bond acceptors (Lipinski definition) is 2. The number of nitrogens with zero attached hydrogens (tertiary/aromatic N) is 1. The van der Waals surface area contributed by atoms with Crippen LogP contribution in [0.25, 0.3) is 0 Å². The van der Waals surface area contributed by atoms with Crippen LogP contribution in [0.1, 0.15) is 33.1 Å². The lowest BCUT2D eigenvalue weighted by molar-refractivity contribution is -0.141. The van der Waals surface area contributed by atoms with Crippen LogP contribution >= 0.6 is 0 Å². The summed E-state index contributed by atoms with van der Waals surface area (Å²) in [6, 6.07) is 0. The molecule has 0 aromatic heterocycles. The van der Waals surface area contributed by atoms with Crippen molar-refractivity contribution in [3.8, 4) is 0 Å². The second-order valence-electron chi connectivity index (χ2n) is 5.97. The second kappa shape index (κ2) is 4.36. The number of hydrogen-bond donors (Lipinski definition) is 1. The molecule has 1 saturated carbocycles. The summed E-state index contributed by atoms with van der Waals surface area (Å²) in [7, 11) is 1.97. The molecular weight excluding hydrogens is 200 g/mol. The van der Waals surface area contributed by atoms with E-state index in [2.05, 4.69) is 19.2 Å². The van der Waals surface area contributed by atoms with E-state index in [0.29, 0.717) is 5.91 Å². The van der Waals surface area contributed by atoms with Gasteiger partial charge in [-0.2, -0.15) is 0 Å². The monoisotopic (exact) mass is 224 g/mol. The minimum atomic E-state index is -0.113. The fourth-order valence-corrected chi connectivity index (χ4v) is 2.74. The molecule has 0 aromatic carbocycles. The van der Waals surface area contributed by atoms with Crippen LogP contribution in [0.2, 0.25) is 0 Å². The molecule has 1 amide bonds. The van der Waals surface area contributed by atoms with Gasteiger partial charge >= 0.3 is 0 Å². The van der Waals surface area contributed by atoms with Gasteiger partial charge in [-0.3, -0.25) is 4.79 Å². The summed E-state index contributed by atoms with van der Waals surface area (Å²) in [5.74, 6) is 1.95. The Balaban J connectivity index is 1.89. The normalized spacial score (nSPS) is 32.2. The SMILES string of the molecule is CC1CC1CN(C)C(=O)C1(C)CCNCC1. The summed E-state index contributed by atoms with van der Waals surface area (Å²) in [4.78, 5) is 14.4. The van der Waals surface area contributed by atoms with Crippen molar-refractivity contribution in [3.05, 3.63) is 0 Å². The van der Waals surface area contributed by atoms with Crippen LogP contribution in [0.4, 0.5) is 0 Å². The van der Waals surface area contributed by atoms with Gasteiger partial charge < -0.3 is 10.2 Å². The molecule has 0 aromatic rings. The van der Waals surface area contributed by atoms with Gasteiger partial charge in [0.25, 0.3) is 0 Å². The third-order valence-corrected chi connectivity index (χ3v) is 4.35. The molecule has 1 saturated heterocycles. The van der Waals surface area contributed by atoms with Crippen LogP contribution in [0.3, 0.4) is 0 Å². The first kappa shape index (κ1) is 11.9. The van der Waals surface area contributed by atoms with Crippen LogP contribution < -0.4 is 5.32 Å². The van der Waals surface area contributed by atoms with Crippen molar-refractivity contribution in [2.45, 2.75) is 33.1 Å². The molecule has 3 heteroatoms. The second-order valence-corrected chi connectivity index (χ2v) is 5.97. The van der Waals surface area contributed by atoms with Gasteiger partial charge in [0.15, 0.2) is 0 Å². The van der Waals surface area contributed by atoms with Crippen LogP contribution in [0.5, 0.6) is 0 Å². The molecule has 0 spiro atoms. The van der Waals surface area contributed by atoms with Gasteiger partial charge in [-0.05, 0) is 44.2 Å². The predicted molar refractivity (Wildman–Crippen MR) is 65.1 cm³/mol. The van der Waals surface area contributed by atoms with Crippen LogP contribution in [-0.2, 0) is 4.79 Å². The maximum Gasteiger partial charge on any atom is 0.228 e. The van der Waals surface area contributed by atoms with E-state index >= 15 is 0 Å². The molecule has 1 aliphatic heterocycles. The predicted octanol–water partition coefficient (Wildman–Crippen LogP) is 1.49. The number of amides is 1. The Morgan fingerprint density at radius 3 is 2.50 bits per heavy atom. The Labute approximate surface area is 98.6 Å². The molecule has 2 rings (SSSR count). The minimum Gasteiger partial charge on any atom is -0.345 e. The zero-order chi connectivity index (χ0) is 11.8. The quantitative estimate of drug-likeness (QED) is 0.788. The fourth-order valence-electron chi connectivity index (χ4n) is 2.74. The van der Waals surface area contributed by atoms with E-state index in [4.69, 9.17) is 0 Å². The number of carbonyl (C=O) groups is 1. The molecule has 16 heavy (non-hydrogen) atoms. The van der Waals surface area contributed by atoms with Gasteiger partial charge in [0.1, 0.15) is 0 Å². The van der Waals surface area contributed by atoms with Crippen molar-refractivity contribution >= 4 is 5.91 Å².